The summed E-state index contributed by atoms with van der Waals surface area (Å²) in [6.07, 6.45) is 2.45. The Labute approximate surface area is 268 Å². The van der Waals surface area contributed by atoms with Crippen LogP contribution in [0.15, 0.2) is 12.7 Å². The second-order valence-corrected chi connectivity index (χ2v) is 15.3. The Kier molecular flexibility index (Phi) is 9.82. The number of nitrogens with one attached hydrogen (secondary N) is 3. The summed E-state index contributed by atoms with van der Waals surface area (Å²) in [5.74, 6) is -0.420. The quantitative estimate of drug-likeness (QED) is 0.410. The summed E-state index contributed by atoms with van der Waals surface area (Å²) in [6.45, 7) is 16.2. The van der Waals surface area contributed by atoms with Crippen molar-refractivity contribution in [2.45, 2.75) is 147 Å². The number of halogens is 2. The molecule has 9 nitrogen and oxygen atoms in total. The van der Waals surface area contributed by atoms with Gasteiger partial charge in [-0.05, 0) is 90.2 Å². The van der Waals surface area contributed by atoms with Crippen molar-refractivity contribution in [3.8, 4) is 0 Å². The average Bonchev–Trinajstić information content (AvgIpc) is 3.00. The summed E-state index contributed by atoms with van der Waals surface area (Å²) in [6, 6.07) is -1.03. The van der Waals surface area contributed by atoms with Crippen molar-refractivity contribution in [2.75, 3.05) is 19.6 Å². The molecule has 5 saturated heterocycles. The van der Waals surface area contributed by atoms with Crippen LogP contribution in [0.1, 0.15) is 79.6 Å². The zero-order valence-corrected chi connectivity index (χ0v) is 27.8. The van der Waals surface area contributed by atoms with E-state index in [4.69, 9.17) is 4.74 Å². The van der Waals surface area contributed by atoms with Gasteiger partial charge in [0, 0.05) is 49.1 Å². The summed E-state index contributed by atoms with van der Waals surface area (Å²) in [4.78, 5) is 33.2. The molecule has 3 amide bonds. The highest BCUT2D eigenvalue weighted by Gasteiger charge is 2.58. The lowest BCUT2D eigenvalue weighted by Gasteiger charge is -2.60. The van der Waals surface area contributed by atoms with Gasteiger partial charge in [0.2, 0.25) is 5.91 Å². The molecule has 0 aromatic heterocycles. The molecule has 12 unspecified atom stereocenters. The third kappa shape index (κ3) is 6.16. The summed E-state index contributed by atoms with van der Waals surface area (Å²) >= 11 is 0. The molecule has 6 fully saturated rings. The molecule has 45 heavy (non-hydrogen) atoms. The van der Waals surface area contributed by atoms with Crippen LogP contribution in [-0.2, 0) is 9.53 Å². The maximum atomic E-state index is 16.7. The lowest BCUT2D eigenvalue weighted by atomic mass is 9.72. The van der Waals surface area contributed by atoms with Gasteiger partial charge in [0.1, 0.15) is 12.3 Å². The molecule has 254 valence electrons. The van der Waals surface area contributed by atoms with Gasteiger partial charge in [-0.1, -0.05) is 20.4 Å². The number of hydrogen-bond acceptors (Lipinski definition) is 6. The zero-order chi connectivity index (χ0) is 32.2. The van der Waals surface area contributed by atoms with Crippen LogP contribution in [0, 0.1) is 23.7 Å². The molecule has 2 bridgehead atoms. The van der Waals surface area contributed by atoms with E-state index in [1.54, 1.807) is 0 Å². The van der Waals surface area contributed by atoms with E-state index < -0.39 is 36.6 Å². The molecule has 0 aromatic carbocycles. The highest BCUT2D eigenvalue weighted by atomic mass is 19.1. The van der Waals surface area contributed by atoms with Crippen LogP contribution in [0.25, 0.3) is 0 Å². The number of amides is 3. The van der Waals surface area contributed by atoms with Gasteiger partial charge in [-0.15, -0.1) is 0 Å². The van der Waals surface area contributed by atoms with Gasteiger partial charge in [0.15, 0.2) is 0 Å². The normalized spacial score (nSPS) is 46.3. The molecule has 0 radical (unpaired) electrons. The van der Waals surface area contributed by atoms with Gasteiger partial charge < -0.3 is 25.2 Å². The largest absolute Gasteiger partial charge is 0.375 e. The van der Waals surface area contributed by atoms with Crippen molar-refractivity contribution in [3.63, 3.8) is 0 Å². The predicted molar refractivity (Wildman–Crippen MR) is 170 cm³/mol. The zero-order valence-electron chi connectivity index (χ0n) is 27.8. The minimum atomic E-state index is -1.28. The lowest BCUT2D eigenvalue weighted by molar-refractivity contribution is -0.142. The van der Waals surface area contributed by atoms with Crippen LogP contribution >= 0.6 is 0 Å². The first-order valence-corrected chi connectivity index (χ1v) is 17.7. The fourth-order valence-electron chi connectivity index (χ4n) is 9.88. The molecular weight excluding hydrogens is 578 g/mol. The number of urea groups is 1. The Morgan fingerprint density at radius 1 is 1.02 bits per heavy atom. The maximum absolute atomic E-state index is 16.7. The predicted octanol–water partition coefficient (Wildman–Crippen LogP) is 3.80. The molecule has 1 saturated carbocycles. The molecular formula is C34H56F2N6O3. The second kappa shape index (κ2) is 13.4. The SMILES string of the molecule is C=CC(=O)N1C[C@H](C)N(C2NC(=O)N3C4NC(C(F)CC42)C2C(F)CCCC2OC(C)CCC2CCNC(C(C)C)C23)C[C@H]1C. The van der Waals surface area contributed by atoms with E-state index in [2.05, 4.69) is 55.1 Å². The third-order valence-corrected chi connectivity index (χ3v) is 12.1. The van der Waals surface area contributed by atoms with E-state index in [9.17, 15) is 9.59 Å². The topological polar surface area (TPSA) is 89.2 Å². The van der Waals surface area contributed by atoms with Gasteiger partial charge in [0.25, 0.3) is 0 Å². The monoisotopic (exact) mass is 634 g/mol. The molecule has 0 aromatic rings. The first kappa shape index (κ1) is 33.1. The molecule has 0 spiro atoms. The molecule has 6 rings (SSSR count). The Bertz CT molecular complexity index is 1100. The first-order valence-electron chi connectivity index (χ1n) is 17.7. The number of carbonyl (C=O) groups excluding carboxylic acids is 2. The van der Waals surface area contributed by atoms with Gasteiger partial charge >= 0.3 is 6.03 Å². The standard InChI is InChI=1S/C34H56F2N6O3/c1-7-27(43)40-16-20(5)41(17-19(40)4)32-23-15-25(36)30-28-24(35)9-8-10-26(28)45-21(6)11-12-22-13-14-37-29(18(2)3)31(22)42(33(23)38-30)34(44)39-32/h7,18-26,28-33,37-38H,1,8-17H2,2-6H3,(H,39,44)/t19-,20+,21?,22?,23?,24?,25?,26?,28?,29?,30?,31?,32?,33?/m1/s1. The van der Waals surface area contributed by atoms with Gasteiger partial charge in [-0.25, -0.2) is 13.6 Å². The minimum Gasteiger partial charge on any atom is -0.375 e. The van der Waals surface area contributed by atoms with Crippen LogP contribution in [0.3, 0.4) is 0 Å². The van der Waals surface area contributed by atoms with E-state index in [1.165, 1.54) is 6.08 Å². The van der Waals surface area contributed by atoms with Crippen molar-refractivity contribution in [1.29, 1.82) is 0 Å². The number of piperazine rings is 1. The summed E-state index contributed by atoms with van der Waals surface area (Å²) in [7, 11) is 0. The number of alkyl halides is 2. The van der Waals surface area contributed by atoms with E-state index >= 15 is 8.78 Å². The van der Waals surface area contributed by atoms with Crippen LogP contribution in [-0.4, -0.2) is 113 Å². The summed E-state index contributed by atoms with van der Waals surface area (Å²) in [5.41, 5.74) is 0. The minimum absolute atomic E-state index is 0.0516. The van der Waals surface area contributed by atoms with Crippen LogP contribution in [0.5, 0.6) is 0 Å². The molecule has 6 aliphatic rings. The van der Waals surface area contributed by atoms with Crippen molar-refractivity contribution < 1.29 is 23.1 Å². The molecule has 3 N–H and O–H groups in total. The molecule has 14 atom stereocenters. The van der Waals surface area contributed by atoms with Gasteiger partial charge in [-0.2, -0.15) is 0 Å². The lowest BCUT2D eigenvalue weighted by Crippen LogP contribution is -2.80. The Balaban J connectivity index is 1.39. The molecule has 5 aliphatic heterocycles. The Morgan fingerprint density at radius 3 is 2.53 bits per heavy atom. The fourth-order valence-corrected chi connectivity index (χ4v) is 9.88. The number of carbonyl (C=O) groups is 2. The van der Waals surface area contributed by atoms with Gasteiger partial charge in [-0.3, -0.25) is 15.0 Å². The van der Waals surface area contributed by atoms with Crippen LogP contribution in [0.4, 0.5) is 13.6 Å². The van der Waals surface area contributed by atoms with E-state index in [1.807, 2.05) is 16.7 Å². The first-order chi connectivity index (χ1) is 21.5. The molecule has 11 heteroatoms. The highest BCUT2D eigenvalue weighted by Crippen LogP contribution is 2.44. The smallest absolute Gasteiger partial charge is 0.320 e. The van der Waals surface area contributed by atoms with Crippen LogP contribution < -0.4 is 16.0 Å². The number of hydrogen-bond donors (Lipinski definition) is 3. The summed E-state index contributed by atoms with van der Waals surface area (Å²) in [5, 5.41) is 10.8. The van der Waals surface area contributed by atoms with Gasteiger partial charge in [0.05, 0.1) is 30.6 Å². The number of ether oxygens (including phenoxy) is 1. The Hall–Kier alpha value is -1.82. The number of piperidine rings is 2. The van der Waals surface area contributed by atoms with Crippen LogP contribution in [0.2, 0.25) is 0 Å². The summed E-state index contributed by atoms with van der Waals surface area (Å²) < 4.78 is 39.1. The van der Waals surface area contributed by atoms with Crippen molar-refractivity contribution in [3.05, 3.63) is 12.7 Å². The van der Waals surface area contributed by atoms with Crippen molar-refractivity contribution in [1.82, 2.24) is 30.7 Å². The second-order valence-electron chi connectivity index (χ2n) is 15.3. The number of nitrogens with zero attached hydrogens (tertiary/aromatic N) is 3. The highest BCUT2D eigenvalue weighted by molar-refractivity contribution is 5.87. The van der Waals surface area contributed by atoms with E-state index in [-0.39, 0.29) is 72.5 Å². The number of rotatable bonds is 3. The average molecular weight is 635 g/mol. The van der Waals surface area contributed by atoms with Crippen molar-refractivity contribution in [2.24, 2.45) is 23.7 Å². The number of fused-ring (bicyclic) bond motifs is 5. The van der Waals surface area contributed by atoms with E-state index in [0.717, 1.165) is 38.6 Å². The molecule has 1 aliphatic carbocycles. The maximum Gasteiger partial charge on any atom is 0.320 e. The van der Waals surface area contributed by atoms with E-state index in [0.29, 0.717) is 19.5 Å². The fraction of sp³-hybridized carbons (Fsp3) is 0.882. The Morgan fingerprint density at radius 2 is 1.80 bits per heavy atom. The third-order valence-electron chi connectivity index (χ3n) is 12.1. The van der Waals surface area contributed by atoms with Crippen molar-refractivity contribution >= 4 is 11.9 Å². The molecule has 5 heterocycles.